The molecule has 2 rings (SSSR count). The topological polar surface area (TPSA) is 49.3 Å². The molecule has 0 aliphatic carbocycles. The lowest BCUT2D eigenvalue weighted by Gasteiger charge is -2.10. The minimum atomic E-state index is 0. The molecule has 0 radical (unpaired) electrons. The van der Waals surface area contributed by atoms with E-state index in [-0.39, 0.29) is 24.0 Å². The summed E-state index contributed by atoms with van der Waals surface area (Å²) in [6.07, 6.45) is 0. The van der Waals surface area contributed by atoms with Crippen molar-refractivity contribution >= 4 is 57.2 Å². The predicted molar refractivity (Wildman–Crippen MR) is 113 cm³/mol. The Kier molecular flexibility index (Phi) is 9.08. The molecule has 0 fully saturated rings. The number of aromatic nitrogens is 1. The van der Waals surface area contributed by atoms with Crippen molar-refractivity contribution in [3.63, 3.8) is 0 Å². The van der Waals surface area contributed by atoms with E-state index in [1.54, 1.807) is 11.3 Å². The fraction of sp³-hybridized carbons (Fsp3) is 0.375. The lowest BCUT2D eigenvalue weighted by molar-refractivity contribution is 0.809. The van der Waals surface area contributed by atoms with Gasteiger partial charge in [0.2, 0.25) is 0 Å². The van der Waals surface area contributed by atoms with Crippen molar-refractivity contribution in [1.29, 1.82) is 0 Å². The van der Waals surface area contributed by atoms with Gasteiger partial charge in [-0.05, 0) is 38.5 Å². The molecule has 0 bridgehead atoms. The zero-order chi connectivity index (χ0) is 15.9. The van der Waals surface area contributed by atoms with Gasteiger partial charge in [0.05, 0.1) is 18.8 Å². The van der Waals surface area contributed by atoms with Crippen molar-refractivity contribution < 1.29 is 0 Å². The maximum absolute atomic E-state index is 4.62. The monoisotopic (exact) mass is 508 g/mol. The number of rotatable bonds is 5. The van der Waals surface area contributed by atoms with Gasteiger partial charge in [-0.2, -0.15) is 0 Å². The van der Waals surface area contributed by atoms with Gasteiger partial charge in [-0.1, -0.05) is 28.1 Å². The van der Waals surface area contributed by atoms with Crippen molar-refractivity contribution in [3.8, 4) is 0 Å². The van der Waals surface area contributed by atoms with Crippen molar-refractivity contribution in [1.82, 2.24) is 15.6 Å². The van der Waals surface area contributed by atoms with E-state index in [4.69, 9.17) is 0 Å². The van der Waals surface area contributed by atoms with Gasteiger partial charge in [-0.15, -0.1) is 35.3 Å². The molecule has 0 spiro atoms. The summed E-state index contributed by atoms with van der Waals surface area (Å²) in [5, 5.41) is 7.69. The Bertz CT molecular complexity index is 638. The van der Waals surface area contributed by atoms with E-state index in [1.807, 2.05) is 19.1 Å². The lowest BCUT2D eigenvalue weighted by atomic mass is 10.2. The highest BCUT2D eigenvalue weighted by atomic mass is 127. The van der Waals surface area contributed by atoms with E-state index in [2.05, 4.69) is 62.5 Å². The van der Waals surface area contributed by atoms with E-state index in [9.17, 15) is 0 Å². The highest BCUT2D eigenvalue weighted by molar-refractivity contribution is 14.0. The minimum Gasteiger partial charge on any atom is -0.357 e. The number of halogens is 2. The average Bonchev–Trinajstić information content (AvgIpc) is 2.81. The first-order valence-electron chi connectivity index (χ1n) is 7.28. The molecule has 2 aromatic rings. The molecule has 1 heterocycles. The van der Waals surface area contributed by atoms with Gasteiger partial charge in [0, 0.05) is 15.9 Å². The molecule has 0 saturated heterocycles. The molecule has 0 unspecified atom stereocenters. The standard InChI is InChI=1S/C16H21BrN4S.HI/c1-4-18-16(19-9-13-6-5-7-14(17)8-13)20-10-15-21-11(2)12(3)22-15;/h5-8H,4,9-10H2,1-3H3,(H2,18,19,20);1H. The molecule has 0 amide bonds. The number of hydrogen-bond acceptors (Lipinski definition) is 3. The highest BCUT2D eigenvalue weighted by Gasteiger charge is 2.04. The molecule has 23 heavy (non-hydrogen) atoms. The van der Waals surface area contributed by atoms with Crippen LogP contribution in [-0.2, 0) is 13.1 Å². The van der Waals surface area contributed by atoms with Crippen LogP contribution in [0.2, 0.25) is 0 Å². The summed E-state index contributed by atoms with van der Waals surface area (Å²) in [7, 11) is 0. The second-order valence-corrected chi connectivity index (χ2v) is 7.13. The summed E-state index contributed by atoms with van der Waals surface area (Å²) in [5.41, 5.74) is 2.28. The van der Waals surface area contributed by atoms with Gasteiger partial charge in [0.1, 0.15) is 5.01 Å². The number of benzene rings is 1. The van der Waals surface area contributed by atoms with E-state index in [0.717, 1.165) is 27.7 Å². The van der Waals surface area contributed by atoms with Gasteiger partial charge < -0.3 is 10.6 Å². The van der Waals surface area contributed by atoms with Crippen LogP contribution in [0, 0.1) is 13.8 Å². The second-order valence-electron chi connectivity index (χ2n) is 4.93. The summed E-state index contributed by atoms with van der Waals surface area (Å²) in [5.74, 6) is 0.813. The van der Waals surface area contributed by atoms with Crippen LogP contribution in [-0.4, -0.2) is 17.5 Å². The second kappa shape index (κ2) is 10.2. The average molecular weight is 509 g/mol. The van der Waals surface area contributed by atoms with Crippen LogP contribution >= 0.6 is 51.2 Å². The number of nitrogens with zero attached hydrogens (tertiary/aromatic N) is 2. The lowest BCUT2D eigenvalue weighted by Crippen LogP contribution is -2.36. The molecule has 0 saturated carbocycles. The van der Waals surface area contributed by atoms with Crippen LogP contribution in [0.3, 0.4) is 0 Å². The van der Waals surface area contributed by atoms with Gasteiger partial charge in [0.15, 0.2) is 5.96 Å². The fourth-order valence-electron chi connectivity index (χ4n) is 1.92. The van der Waals surface area contributed by atoms with Crippen molar-refractivity contribution in [3.05, 3.63) is 49.9 Å². The zero-order valence-corrected chi connectivity index (χ0v) is 18.3. The first kappa shape index (κ1) is 20.4. The highest BCUT2D eigenvalue weighted by Crippen LogP contribution is 2.16. The molecule has 0 atom stereocenters. The minimum absolute atomic E-state index is 0. The largest absolute Gasteiger partial charge is 0.357 e. The Morgan fingerprint density at radius 3 is 2.70 bits per heavy atom. The van der Waals surface area contributed by atoms with Crippen molar-refractivity contribution in [2.45, 2.75) is 33.9 Å². The summed E-state index contributed by atoms with van der Waals surface area (Å²) >= 11 is 5.21. The molecular formula is C16H22BrIN4S. The molecule has 1 aromatic heterocycles. The molecule has 2 N–H and O–H groups in total. The summed E-state index contributed by atoms with van der Waals surface area (Å²) in [6.45, 7) is 8.38. The fourth-order valence-corrected chi connectivity index (χ4v) is 3.24. The Balaban J connectivity index is 0.00000264. The number of thiazole rings is 1. The summed E-state index contributed by atoms with van der Waals surface area (Å²) in [4.78, 5) is 10.4. The van der Waals surface area contributed by atoms with E-state index in [0.29, 0.717) is 13.1 Å². The Morgan fingerprint density at radius 1 is 1.30 bits per heavy atom. The Hall–Kier alpha value is -0.670. The predicted octanol–water partition coefficient (Wildman–Crippen LogP) is 4.40. The van der Waals surface area contributed by atoms with Crippen LogP contribution in [0.1, 0.15) is 28.1 Å². The van der Waals surface area contributed by atoms with Crippen molar-refractivity contribution in [2.24, 2.45) is 4.99 Å². The third-order valence-corrected chi connectivity index (χ3v) is 4.70. The summed E-state index contributed by atoms with van der Waals surface area (Å²) < 4.78 is 1.08. The van der Waals surface area contributed by atoms with Crippen LogP contribution in [0.25, 0.3) is 0 Å². The number of nitrogens with one attached hydrogen (secondary N) is 2. The Labute approximate surface area is 167 Å². The molecule has 4 nitrogen and oxygen atoms in total. The molecule has 7 heteroatoms. The molecular weight excluding hydrogens is 487 g/mol. The molecule has 126 valence electrons. The molecule has 0 aliphatic heterocycles. The quantitative estimate of drug-likeness (QED) is 0.357. The smallest absolute Gasteiger partial charge is 0.191 e. The number of hydrogen-bond donors (Lipinski definition) is 2. The van der Waals surface area contributed by atoms with Gasteiger partial charge >= 0.3 is 0 Å². The molecule has 0 aliphatic rings. The zero-order valence-electron chi connectivity index (χ0n) is 13.5. The van der Waals surface area contributed by atoms with Crippen LogP contribution in [0.5, 0.6) is 0 Å². The van der Waals surface area contributed by atoms with Crippen LogP contribution < -0.4 is 10.6 Å². The number of aliphatic imine (C=N–C) groups is 1. The van der Waals surface area contributed by atoms with E-state index < -0.39 is 0 Å². The van der Waals surface area contributed by atoms with Gasteiger partial charge in [-0.3, -0.25) is 0 Å². The molecule has 1 aromatic carbocycles. The van der Waals surface area contributed by atoms with Crippen LogP contribution in [0.4, 0.5) is 0 Å². The first-order chi connectivity index (χ1) is 10.6. The normalized spacial score (nSPS) is 11.0. The third-order valence-electron chi connectivity index (χ3n) is 3.13. The maximum Gasteiger partial charge on any atom is 0.191 e. The van der Waals surface area contributed by atoms with Crippen LogP contribution in [0.15, 0.2) is 33.7 Å². The van der Waals surface area contributed by atoms with Gasteiger partial charge in [-0.25, -0.2) is 9.98 Å². The van der Waals surface area contributed by atoms with Gasteiger partial charge in [0.25, 0.3) is 0 Å². The number of aryl methyl sites for hydroxylation is 2. The Morgan fingerprint density at radius 2 is 2.09 bits per heavy atom. The van der Waals surface area contributed by atoms with E-state index >= 15 is 0 Å². The van der Waals surface area contributed by atoms with E-state index in [1.165, 1.54) is 10.4 Å². The number of guanidine groups is 1. The summed E-state index contributed by atoms with van der Waals surface area (Å²) in [6, 6.07) is 8.20. The maximum atomic E-state index is 4.62. The third kappa shape index (κ3) is 6.76. The SMILES string of the molecule is CCNC(=NCc1cccc(Br)c1)NCc1nc(C)c(C)s1.I. The first-order valence-corrected chi connectivity index (χ1v) is 8.89. The van der Waals surface area contributed by atoms with Crippen molar-refractivity contribution in [2.75, 3.05) is 6.54 Å².